The van der Waals surface area contributed by atoms with E-state index >= 15 is 0 Å². The summed E-state index contributed by atoms with van der Waals surface area (Å²) in [7, 11) is -3.75. The fraction of sp³-hybridized carbons (Fsp3) is 0.143. The van der Waals surface area contributed by atoms with Crippen molar-refractivity contribution >= 4 is 48.3 Å². The molecule has 1 N–H and O–H groups in total. The van der Waals surface area contributed by atoms with E-state index in [0.29, 0.717) is 22.1 Å². The first-order chi connectivity index (χ1) is 17.7. The maximum absolute atomic E-state index is 13.7. The SMILES string of the molecule is Cc1ccc(S(=O)(=O)Nc2ccc(C(=O)N(Cc3ccco3)c3nc4c(C)c(C)ccc4s3)cc2)cc1. The molecule has 0 aliphatic carbocycles. The van der Waals surface area contributed by atoms with Crippen LogP contribution in [0.4, 0.5) is 10.8 Å². The topological polar surface area (TPSA) is 92.5 Å². The molecule has 5 rings (SSSR count). The summed E-state index contributed by atoms with van der Waals surface area (Å²) in [6, 6.07) is 20.6. The van der Waals surface area contributed by atoms with Crippen LogP contribution in [0.25, 0.3) is 10.2 Å². The predicted molar refractivity (Wildman–Crippen MR) is 147 cm³/mol. The number of carbonyl (C=O) groups is 1. The van der Waals surface area contributed by atoms with E-state index in [9.17, 15) is 13.2 Å². The van der Waals surface area contributed by atoms with Crippen LogP contribution < -0.4 is 9.62 Å². The minimum Gasteiger partial charge on any atom is -0.467 e. The maximum Gasteiger partial charge on any atom is 0.261 e. The van der Waals surface area contributed by atoms with E-state index in [0.717, 1.165) is 26.9 Å². The number of carbonyl (C=O) groups excluding carboxylic acids is 1. The molecule has 0 radical (unpaired) electrons. The highest BCUT2D eigenvalue weighted by Crippen LogP contribution is 2.33. The van der Waals surface area contributed by atoms with Crippen molar-refractivity contribution in [2.24, 2.45) is 0 Å². The largest absolute Gasteiger partial charge is 0.467 e. The van der Waals surface area contributed by atoms with Gasteiger partial charge in [0.1, 0.15) is 5.76 Å². The maximum atomic E-state index is 13.7. The summed E-state index contributed by atoms with van der Waals surface area (Å²) in [4.78, 5) is 20.2. The molecule has 0 fully saturated rings. The standard InChI is InChI=1S/C28H25N3O4S2/c1-18-6-13-24(14-7-18)37(33,34)30-22-11-9-21(10-12-22)27(32)31(17-23-5-4-16-35-23)28-29-26-20(3)19(2)8-15-25(26)36-28/h4-16,30H,17H2,1-3H3. The Balaban J connectivity index is 1.43. The Morgan fingerprint density at radius 3 is 2.38 bits per heavy atom. The third-order valence-corrected chi connectivity index (χ3v) is 8.60. The van der Waals surface area contributed by atoms with E-state index in [-0.39, 0.29) is 17.3 Å². The molecule has 0 atom stereocenters. The molecule has 5 aromatic rings. The summed E-state index contributed by atoms with van der Waals surface area (Å²) in [5.41, 5.74) is 4.82. The summed E-state index contributed by atoms with van der Waals surface area (Å²) >= 11 is 1.44. The number of aromatic nitrogens is 1. The predicted octanol–water partition coefficient (Wildman–Crippen LogP) is 6.46. The zero-order valence-corrected chi connectivity index (χ0v) is 22.2. The van der Waals surface area contributed by atoms with E-state index < -0.39 is 10.0 Å². The number of amides is 1. The molecule has 7 nitrogen and oxygen atoms in total. The number of hydrogen-bond donors (Lipinski definition) is 1. The Bertz CT molecular complexity index is 1670. The molecule has 188 valence electrons. The van der Waals surface area contributed by atoms with Gasteiger partial charge in [-0.25, -0.2) is 13.4 Å². The van der Waals surface area contributed by atoms with Gasteiger partial charge in [-0.05, 0) is 86.5 Å². The molecule has 2 aromatic heterocycles. The van der Waals surface area contributed by atoms with Gasteiger partial charge in [-0.15, -0.1) is 0 Å². The van der Waals surface area contributed by atoms with Crippen LogP contribution in [0.2, 0.25) is 0 Å². The molecule has 0 aliphatic rings. The van der Waals surface area contributed by atoms with Gasteiger partial charge in [0.05, 0.1) is 27.9 Å². The summed E-state index contributed by atoms with van der Waals surface area (Å²) in [5.74, 6) is 0.362. The van der Waals surface area contributed by atoms with E-state index in [1.165, 1.54) is 11.3 Å². The number of rotatable bonds is 7. The number of aryl methyl sites for hydroxylation is 3. The van der Waals surface area contributed by atoms with Crippen LogP contribution in [0.15, 0.2) is 88.4 Å². The third-order valence-electron chi connectivity index (χ3n) is 6.16. The van der Waals surface area contributed by atoms with Gasteiger partial charge < -0.3 is 4.42 Å². The van der Waals surface area contributed by atoms with Crippen LogP contribution in [0.5, 0.6) is 0 Å². The van der Waals surface area contributed by atoms with Gasteiger partial charge in [-0.1, -0.05) is 35.1 Å². The number of thiazole rings is 1. The number of nitrogens with one attached hydrogen (secondary N) is 1. The van der Waals surface area contributed by atoms with Crippen LogP contribution in [-0.2, 0) is 16.6 Å². The molecule has 0 saturated carbocycles. The minimum absolute atomic E-state index is 0.171. The van der Waals surface area contributed by atoms with E-state index in [1.807, 2.05) is 32.9 Å². The van der Waals surface area contributed by atoms with Gasteiger partial charge >= 0.3 is 0 Å². The molecule has 0 bridgehead atoms. The van der Waals surface area contributed by atoms with Crippen molar-refractivity contribution in [3.8, 4) is 0 Å². The van der Waals surface area contributed by atoms with Crippen molar-refractivity contribution in [1.82, 2.24) is 4.98 Å². The molecule has 0 saturated heterocycles. The van der Waals surface area contributed by atoms with Crippen molar-refractivity contribution in [2.75, 3.05) is 9.62 Å². The second-order valence-electron chi connectivity index (χ2n) is 8.82. The molecule has 37 heavy (non-hydrogen) atoms. The molecule has 0 spiro atoms. The lowest BCUT2D eigenvalue weighted by Crippen LogP contribution is -2.30. The Hall–Kier alpha value is -3.95. The second-order valence-corrected chi connectivity index (χ2v) is 11.5. The number of nitrogens with zero attached hydrogens (tertiary/aromatic N) is 2. The van der Waals surface area contributed by atoms with Crippen LogP contribution >= 0.6 is 11.3 Å². The quantitative estimate of drug-likeness (QED) is 0.260. The minimum atomic E-state index is -3.75. The van der Waals surface area contributed by atoms with Crippen molar-refractivity contribution < 1.29 is 17.6 Å². The van der Waals surface area contributed by atoms with Crippen LogP contribution in [0, 0.1) is 20.8 Å². The molecule has 2 heterocycles. The summed E-state index contributed by atoms with van der Waals surface area (Å²) in [6.07, 6.45) is 1.57. The normalized spacial score (nSPS) is 11.5. The van der Waals surface area contributed by atoms with Crippen LogP contribution in [-0.4, -0.2) is 19.3 Å². The number of anilines is 2. The number of fused-ring (bicyclic) bond motifs is 1. The first-order valence-corrected chi connectivity index (χ1v) is 13.9. The van der Waals surface area contributed by atoms with E-state index in [2.05, 4.69) is 10.8 Å². The van der Waals surface area contributed by atoms with Crippen LogP contribution in [0.1, 0.15) is 32.8 Å². The fourth-order valence-corrected chi connectivity index (χ4v) is 5.96. The van der Waals surface area contributed by atoms with E-state index in [1.54, 1.807) is 65.8 Å². The number of sulfonamides is 1. The van der Waals surface area contributed by atoms with Crippen LogP contribution in [0.3, 0.4) is 0 Å². The zero-order valence-electron chi connectivity index (χ0n) is 20.6. The first kappa shape index (κ1) is 24.7. The monoisotopic (exact) mass is 531 g/mol. The van der Waals surface area contributed by atoms with Gasteiger partial charge in [-0.2, -0.15) is 0 Å². The second kappa shape index (κ2) is 9.84. The number of furan rings is 1. The Labute approximate surface area is 219 Å². The lowest BCUT2D eigenvalue weighted by Gasteiger charge is -2.19. The van der Waals surface area contributed by atoms with Gasteiger partial charge in [0.25, 0.3) is 15.9 Å². The Morgan fingerprint density at radius 2 is 1.70 bits per heavy atom. The molecule has 1 amide bonds. The lowest BCUT2D eigenvalue weighted by atomic mass is 10.1. The van der Waals surface area contributed by atoms with Crippen molar-refractivity contribution in [3.05, 3.63) is 107 Å². The van der Waals surface area contributed by atoms with Gasteiger partial charge in [-0.3, -0.25) is 14.4 Å². The molecule has 0 aliphatic heterocycles. The average molecular weight is 532 g/mol. The van der Waals surface area contributed by atoms with Gasteiger partial charge in [0.2, 0.25) is 0 Å². The first-order valence-electron chi connectivity index (χ1n) is 11.6. The molecular weight excluding hydrogens is 506 g/mol. The fourth-order valence-electron chi connectivity index (χ4n) is 3.88. The smallest absolute Gasteiger partial charge is 0.261 e. The van der Waals surface area contributed by atoms with E-state index in [4.69, 9.17) is 9.40 Å². The van der Waals surface area contributed by atoms with Crippen molar-refractivity contribution in [1.29, 1.82) is 0 Å². The van der Waals surface area contributed by atoms with Gasteiger partial charge in [0, 0.05) is 11.3 Å². The van der Waals surface area contributed by atoms with Crippen molar-refractivity contribution in [2.45, 2.75) is 32.2 Å². The Kier molecular flexibility index (Phi) is 6.57. The molecule has 9 heteroatoms. The zero-order chi connectivity index (χ0) is 26.2. The number of hydrogen-bond acceptors (Lipinski definition) is 6. The highest BCUT2D eigenvalue weighted by atomic mass is 32.2. The number of benzene rings is 3. The lowest BCUT2D eigenvalue weighted by molar-refractivity contribution is 0.0983. The summed E-state index contributed by atoms with van der Waals surface area (Å²) in [6.45, 7) is 6.17. The molecule has 3 aromatic carbocycles. The average Bonchev–Trinajstić information content (AvgIpc) is 3.55. The molecular formula is C28H25N3O4S2. The van der Waals surface area contributed by atoms with Gasteiger partial charge in [0.15, 0.2) is 5.13 Å². The highest BCUT2D eigenvalue weighted by Gasteiger charge is 2.24. The summed E-state index contributed by atoms with van der Waals surface area (Å²) < 4.78 is 34.6. The highest BCUT2D eigenvalue weighted by molar-refractivity contribution is 7.92. The van der Waals surface area contributed by atoms with Crippen molar-refractivity contribution in [3.63, 3.8) is 0 Å². The Morgan fingerprint density at radius 1 is 0.973 bits per heavy atom. The summed E-state index contributed by atoms with van der Waals surface area (Å²) in [5, 5.41) is 0.564. The molecule has 0 unspecified atom stereocenters. The third kappa shape index (κ3) is 5.14.